The van der Waals surface area contributed by atoms with Gasteiger partial charge in [0.25, 0.3) is 0 Å². The Morgan fingerprint density at radius 1 is 1.30 bits per heavy atom. The summed E-state index contributed by atoms with van der Waals surface area (Å²) in [6.45, 7) is 0.172. The highest BCUT2D eigenvalue weighted by atomic mass is 79.9. The number of aromatic nitrogens is 1. The third-order valence-corrected chi connectivity index (χ3v) is 4.47. The molecule has 106 valence electrons. The molecule has 0 aliphatic rings. The lowest BCUT2D eigenvalue weighted by molar-refractivity contribution is 0.397. The van der Waals surface area contributed by atoms with E-state index in [2.05, 4.69) is 25.6 Å². The lowest BCUT2D eigenvalue weighted by Gasteiger charge is -2.07. The molecular weight excluding hydrogens is 344 g/mol. The van der Waals surface area contributed by atoms with E-state index in [1.54, 1.807) is 42.6 Å². The largest absolute Gasteiger partial charge is 0.481 e. The minimum Gasteiger partial charge on any atom is -0.481 e. The summed E-state index contributed by atoms with van der Waals surface area (Å²) in [7, 11) is -2.01. The van der Waals surface area contributed by atoms with Crippen LogP contribution in [-0.2, 0) is 16.6 Å². The normalized spacial score (nSPS) is 11.3. The number of methoxy groups -OCH3 is 1. The Hall–Kier alpha value is -1.44. The molecule has 1 N–H and O–H groups in total. The number of halogens is 1. The fraction of sp³-hybridized carbons (Fsp3) is 0.154. The van der Waals surface area contributed by atoms with Gasteiger partial charge in [0.05, 0.1) is 12.0 Å². The van der Waals surface area contributed by atoms with E-state index >= 15 is 0 Å². The number of rotatable bonds is 5. The van der Waals surface area contributed by atoms with Crippen LogP contribution in [0.5, 0.6) is 5.88 Å². The van der Waals surface area contributed by atoms with Gasteiger partial charge >= 0.3 is 0 Å². The van der Waals surface area contributed by atoms with Crippen molar-refractivity contribution in [1.29, 1.82) is 0 Å². The van der Waals surface area contributed by atoms with Crippen molar-refractivity contribution in [3.8, 4) is 5.88 Å². The Morgan fingerprint density at radius 2 is 2.10 bits per heavy atom. The molecule has 5 nitrogen and oxygen atoms in total. The molecule has 0 fully saturated rings. The number of hydrogen-bond acceptors (Lipinski definition) is 4. The molecule has 0 amide bonds. The van der Waals surface area contributed by atoms with Crippen LogP contribution in [0.4, 0.5) is 0 Å². The first-order valence-electron chi connectivity index (χ1n) is 5.75. The number of ether oxygens (including phenoxy) is 1. The molecule has 0 unspecified atom stereocenters. The van der Waals surface area contributed by atoms with Crippen LogP contribution >= 0.6 is 15.9 Å². The van der Waals surface area contributed by atoms with Gasteiger partial charge in [-0.15, -0.1) is 0 Å². The van der Waals surface area contributed by atoms with Crippen molar-refractivity contribution in [3.63, 3.8) is 0 Å². The molecule has 1 heterocycles. The van der Waals surface area contributed by atoms with E-state index in [1.807, 2.05) is 0 Å². The molecule has 1 aromatic heterocycles. The zero-order valence-electron chi connectivity index (χ0n) is 10.7. The van der Waals surface area contributed by atoms with E-state index in [-0.39, 0.29) is 11.4 Å². The van der Waals surface area contributed by atoms with Gasteiger partial charge in [-0.1, -0.05) is 28.1 Å². The first-order valence-corrected chi connectivity index (χ1v) is 8.03. The highest BCUT2D eigenvalue weighted by Gasteiger charge is 2.13. The van der Waals surface area contributed by atoms with E-state index in [0.717, 1.165) is 5.56 Å². The molecule has 1 aromatic carbocycles. The minimum absolute atomic E-state index is 0.172. The smallest absolute Gasteiger partial charge is 0.240 e. The van der Waals surface area contributed by atoms with E-state index in [4.69, 9.17) is 4.74 Å². The van der Waals surface area contributed by atoms with E-state index in [9.17, 15) is 8.42 Å². The zero-order chi connectivity index (χ0) is 14.6. The van der Waals surface area contributed by atoms with Crippen molar-refractivity contribution in [2.24, 2.45) is 0 Å². The Bertz CT molecular complexity index is 687. The summed E-state index contributed by atoms with van der Waals surface area (Å²) in [6.07, 6.45) is 1.57. The van der Waals surface area contributed by atoms with Crippen LogP contribution in [0, 0.1) is 0 Å². The van der Waals surface area contributed by atoms with Crippen molar-refractivity contribution in [2.75, 3.05) is 7.11 Å². The molecule has 0 spiro atoms. The van der Waals surface area contributed by atoms with Gasteiger partial charge in [-0.25, -0.2) is 18.1 Å². The van der Waals surface area contributed by atoms with Gasteiger partial charge in [-0.2, -0.15) is 0 Å². The van der Waals surface area contributed by atoms with Crippen LogP contribution < -0.4 is 9.46 Å². The van der Waals surface area contributed by atoms with E-state index in [0.29, 0.717) is 10.4 Å². The van der Waals surface area contributed by atoms with Crippen molar-refractivity contribution in [3.05, 3.63) is 52.6 Å². The lowest BCUT2D eigenvalue weighted by atomic mass is 10.3. The fourth-order valence-electron chi connectivity index (χ4n) is 1.53. The molecule has 2 rings (SSSR count). The molecule has 0 aliphatic heterocycles. The van der Waals surface area contributed by atoms with Crippen LogP contribution in [0.3, 0.4) is 0 Å². The maximum Gasteiger partial charge on any atom is 0.240 e. The third kappa shape index (κ3) is 3.78. The summed E-state index contributed by atoms with van der Waals surface area (Å²) in [4.78, 5) is 4.24. The first kappa shape index (κ1) is 15.0. The standard InChI is InChI=1S/C13H13BrN2O3S/c1-19-13-6-5-10(8-15-13)9-16-20(17,18)12-4-2-3-11(14)7-12/h2-8,16H,9H2,1H3. The number of benzene rings is 1. The van der Waals surface area contributed by atoms with Crippen LogP contribution in [0.25, 0.3) is 0 Å². The average Bonchev–Trinajstić information content (AvgIpc) is 2.46. The minimum atomic E-state index is -3.54. The highest BCUT2D eigenvalue weighted by Crippen LogP contribution is 2.16. The van der Waals surface area contributed by atoms with Crippen LogP contribution in [-0.4, -0.2) is 20.5 Å². The van der Waals surface area contributed by atoms with Crippen molar-refractivity contribution in [2.45, 2.75) is 11.4 Å². The molecular formula is C13H13BrN2O3S. The highest BCUT2D eigenvalue weighted by molar-refractivity contribution is 9.10. The van der Waals surface area contributed by atoms with Gasteiger partial charge in [-0.05, 0) is 23.8 Å². The fourth-order valence-corrected chi connectivity index (χ4v) is 3.15. The number of nitrogens with zero attached hydrogens (tertiary/aromatic N) is 1. The number of sulfonamides is 1. The van der Waals surface area contributed by atoms with Gasteiger partial charge in [0.2, 0.25) is 15.9 Å². The topological polar surface area (TPSA) is 68.3 Å². The summed E-state index contributed by atoms with van der Waals surface area (Å²) < 4.78 is 32.4. The Labute approximate surface area is 126 Å². The maximum atomic E-state index is 12.1. The average molecular weight is 357 g/mol. The van der Waals surface area contributed by atoms with Gasteiger partial charge in [0.15, 0.2) is 0 Å². The predicted molar refractivity (Wildman–Crippen MR) is 79.0 cm³/mol. The van der Waals surface area contributed by atoms with E-state index in [1.165, 1.54) is 7.11 Å². The Morgan fingerprint density at radius 3 is 2.70 bits per heavy atom. The molecule has 0 atom stereocenters. The molecule has 0 saturated heterocycles. The Balaban J connectivity index is 2.09. The zero-order valence-corrected chi connectivity index (χ0v) is 13.1. The molecule has 7 heteroatoms. The SMILES string of the molecule is COc1ccc(CNS(=O)(=O)c2cccc(Br)c2)cn1. The van der Waals surface area contributed by atoms with Crippen LogP contribution in [0.15, 0.2) is 52.0 Å². The molecule has 0 saturated carbocycles. The second-order valence-electron chi connectivity index (χ2n) is 3.99. The van der Waals surface area contributed by atoms with Crippen LogP contribution in [0.1, 0.15) is 5.56 Å². The predicted octanol–water partition coefficient (Wildman–Crippen LogP) is 2.33. The number of nitrogens with one attached hydrogen (secondary N) is 1. The van der Waals surface area contributed by atoms with Gasteiger partial charge in [0, 0.05) is 23.3 Å². The lowest BCUT2D eigenvalue weighted by Crippen LogP contribution is -2.23. The summed E-state index contributed by atoms with van der Waals surface area (Å²) in [5.74, 6) is 0.489. The third-order valence-electron chi connectivity index (χ3n) is 2.58. The second-order valence-corrected chi connectivity index (χ2v) is 6.67. The molecule has 2 aromatic rings. The van der Waals surface area contributed by atoms with Gasteiger partial charge < -0.3 is 4.74 Å². The van der Waals surface area contributed by atoms with Crippen molar-refractivity contribution in [1.82, 2.24) is 9.71 Å². The summed E-state index contributed by atoms with van der Waals surface area (Å²) >= 11 is 3.25. The van der Waals surface area contributed by atoms with E-state index < -0.39 is 10.0 Å². The summed E-state index contributed by atoms with van der Waals surface area (Å²) in [5, 5.41) is 0. The molecule has 20 heavy (non-hydrogen) atoms. The van der Waals surface area contributed by atoms with Gasteiger partial charge in [-0.3, -0.25) is 0 Å². The number of pyridine rings is 1. The quantitative estimate of drug-likeness (QED) is 0.892. The molecule has 0 aliphatic carbocycles. The Kier molecular flexibility index (Phi) is 4.74. The van der Waals surface area contributed by atoms with Crippen molar-refractivity contribution >= 4 is 26.0 Å². The second kappa shape index (κ2) is 6.34. The summed E-state index contributed by atoms with van der Waals surface area (Å²) in [5.41, 5.74) is 0.754. The van der Waals surface area contributed by atoms with Gasteiger partial charge in [0.1, 0.15) is 0 Å². The molecule has 0 bridgehead atoms. The number of hydrogen-bond donors (Lipinski definition) is 1. The maximum absolute atomic E-state index is 12.1. The molecule has 0 radical (unpaired) electrons. The monoisotopic (exact) mass is 356 g/mol. The first-order chi connectivity index (χ1) is 9.51. The summed E-state index contributed by atoms with van der Waals surface area (Å²) in [6, 6.07) is 9.98. The van der Waals surface area contributed by atoms with Crippen LogP contribution in [0.2, 0.25) is 0 Å². The van der Waals surface area contributed by atoms with Crippen molar-refractivity contribution < 1.29 is 13.2 Å².